The third-order valence-corrected chi connectivity index (χ3v) is 23.0. The van der Waals surface area contributed by atoms with Crippen molar-refractivity contribution in [3.05, 3.63) is 12.3 Å². The summed E-state index contributed by atoms with van der Waals surface area (Å²) in [5.74, 6) is 0.345. The molecular formula is C29H61NO6Si3. The third-order valence-electron chi connectivity index (χ3n) is 9.49. The number of carbonyl (C=O) groups excluding carboxylic acids is 1. The van der Waals surface area contributed by atoms with E-state index < -0.39 is 49.3 Å². The van der Waals surface area contributed by atoms with Gasteiger partial charge in [-0.05, 0) is 54.4 Å². The van der Waals surface area contributed by atoms with Crippen molar-refractivity contribution in [3.8, 4) is 0 Å². The zero-order valence-electron chi connectivity index (χ0n) is 28.0. The van der Waals surface area contributed by atoms with Gasteiger partial charge in [0, 0.05) is 13.3 Å². The Morgan fingerprint density at radius 3 is 1.82 bits per heavy atom. The van der Waals surface area contributed by atoms with Gasteiger partial charge in [0.2, 0.25) is 5.91 Å². The first kappa shape index (κ1) is 36.5. The standard InChI is InChI=1S/C29H61NO6Si3/c1-20-18-22(35-38(14,15)28(6,7)8)24(30-21(2)31)26(34-20)25(32)23(36-39(16,17)29(9,10)11)19-33-37(12,13)27(3,4)5/h22-26,32H,1,18-19H2,2-17H3,(H,30,31)/t22-,23+,24+,25+,26+/m0/s1. The Balaban J connectivity index is 3.51. The highest BCUT2D eigenvalue weighted by Crippen LogP contribution is 2.42. The predicted molar refractivity (Wildman–Crippen MR) is 170 cm³/mol. The molecule has 2 N–H and O–H groups in total. The highest BCUT2D eigenvalue weighted by Gasteiger charge is 2.50. The van der Waals surface area contributed by atoms with E-state index in [4.69, 9.17) is 18.0 Å². The minimum atomic E-state index is -2.30. The monoisotopic (exact) mass is 603 g/mol. The first-order valence-corrected chi connectivity index (χ1v) is 23.1. The molecule has 1 heterocycles. The van der Waals surface area contributed by atoms with E-state index in [0.29, 0.717) is 12.2 Å². The molecule has 0 spiro atoms. The molecule has 1 amide bonds. The molecular weight excluding hydrogens is 543 g/mol. The van der Waals surface area contributed by atoms with Crippen LogP contribution in [-0.2, 0) is 22.8 Å². The summed E-state index contributed by atoms with van der Waals surface area (Å²) < 4.78 is 26.5. The molecule has 1 saturated heterocycles. The summed E-state index contributed by atoms with van der Waals surface area (Å²) in [5, 5.41) is 15.0. The quantitative estimate of drug-likeness (QED) is 0.263. The summed E-state index contributed by atoms with van der Waals surface area (Å²) in [7, 11) is -6.64. The van der Waals surface area contributed by atoms with Crippen LogP contribution in [0.4, 0.5) is 0 Å². The van der Waals surface area contributed by atoms with Gasteiger partial charge < -0.3 is 28.4 Å². The van der Waals surface area contributed by atoms with Crippen molar-refractivity contribution in [1.82, 2.24) is 5.32 Å². The summed E-state index contributed by atoms with van der Waals surface area (Å²) >= 11 is 0. The topological polar surface area (TPSA) is 86.3 Å². The van der Waals surface area contributed by atoms with Crippen molar-refractivity contribution in [2.45, 2.75) is 161 Å². The van der Waals surface area contributed by atoms with Crippen molar-refractivity contribution in [2.24, 2.45) is 0 Å². The van der Waals surface area contributed by atoms with Gasteiger partial charge in [-0.3, -0.25) is 4.79 Å². The van der Waals surface area contributed by atoms with Crippen molar-refractivity contribution >= 4 is 30.9 Å². The molecule has 0 aromatic heterocycles. The summed E-state index contributed by atoms with van der Waals surface area (Å²) in [6.45, 7) is 38.7. The predicted octanol–water partition coefficient (Wildman–Crippen LogP) is 6.96. The lowest BCUT2D eigenvalue weighted by molar-refractivity contribution is -0.136. The van der Waals surface area contributed by atoms with Crippen molar-refractivity contribution in [3.63, 3.8) is 0 Å². The molecule has 0 aromatic carbocycles. The Labute approximate surface area is 243 Å². The van der Waals surface area contributed by atoms with E-state index in [1.54, 1.807) is 0 Å². The van der Waals surface area contributed by atoms with Crippen LogP contribution in [0, 0.1) is 0 Å². The maximum absolute atomic E-state index is 12.4. The van der Waals surface area contributed by atoms with Gasteiger partial charge in [0.1, 0.15) is 12.2 Å². The normalized spacial score (nSPS) is 23.7. The number of hydrogen-bond donors (Lipinski definition) is 2. The van der Waals surface area contributed by atoms with E-state index in [-0.39, 0.29) is 33.7 Å². The molecule has 230 valence electrons. The van der Waals surface area contributed by atoms with E-state index in [1.807, 2.05) is 0 Å². The van der Waals surface area contributed by atoms with Gasteiger partial charge in [-0.25, -0.2) is 0 Å². The lowest BCUT2D eigenvalue weighted by atomic mass is 9.92. The zero-order valence-corrected chi connectivity index (χ0v) is 31.0. The fraction of sp³-hybridized carbons (Fsp3) is 0.897. The third kappa shape index (κ3) is 9.51. The SMILES string of the molecule is C=C1C[C@H](O[Si](C)(C)C(C)(C)C)[C@@H](NC(C)=O)[C@H]([C@H](O)[C@@H](CO[Si](C)(C)C(C)(C)C)O[Si](C)(C)C(C)(C)C)O1. The molecule has 7 nitrogen and oxygen atoms in total. The summed E-state index contributed by atoms with van der Waals surface area (Å²) in [4.78, 5) is 12.4. The second-order valence-corrected chi connectivity index (χ2v) is 30.3. The van der Waals surface area contributed by atoms with Crippen LogP contribution in [0.2, 0.25) is 54.4 Å². The Bertz CT molecular complexity index is 855. The molecule has 1 aliphatic rings. The Kier molecular flexibility index (Phi) is 11.6. The van der Waals surface area contributed by atoms with Crippen LogP contribution >= 0.6 is 0 Å². The van der Waals surface area contributed by atoms with Gasteiger partial charge in [0.25, 0.3) is 0 Å². The molecule has 0 radical (unpaired) electrons. The number of aliphatic hydroxyl groups is 1. The molecule has 0 aliphatic carbocycles. The van der Waals surface area contributed by atoms with Gasteiger partial charge in [-0.1, -0.05) is 68.9 Å². The van der Waals surface area contributed by atoms with Crippen molar-refractivity contribution in [2.75, 3.05) is 6.61 Å². The molecule has 0 aromatic rings. The number of aliphatic hydroxyl groups excluding tert-OH is 1. The first-order chi connectivity index (χ1) is 17.1. The van der Waals surface area contributed by atoms with E-state index in [9.17, 15) is 9.90 Å². The second-order valence-electron chi connectivity index (χ2n) is 15.9. The Morgan fingerprint density at radius 2 is 1.41 bits per heavy atom. The number of ether oxygens (including phenoxy) is 1. The van der Waals surface area contributed by atoms with Gasteiger partial charge in [-0.2, -0.15) is 0 Å². The maximum atomic E-state index is 12.4. The lowest BCUT2D eigenvalue weighted by Gasteiger charge is -2.48. The molecule has 0 bridgehead atoms. The van der Waals surface area contributed by atoms with Crippen LogP contribution in [0.15, 0.2) is 12.3 Å². The maximum Gasteiger partial charge on any atom is 0.217 e. The van der Waals surface area contributed by atoms with Crippen LogP contribution in [0.3, 0.4) is 0 Å². The van der Waals surface area contributed by atoms with Crippen molar-refractivity contribution < 1.29 is 27.9 Å². The number of amides is 1. The molecule has 0 unspecified atom stereocenters. The van der Waals surface area contributed by atoms with E-state index in [2.05, 4.69) is 113 Å². The van der Waals surface area contributed by atoms with Crippen LogP contribution in [0.25, 0.3) is 0 Å². The van der Waals surface area contributed by atoms with E-state index in [1.165, 1.54) is 6.92 Å². The second kappa shape index (κ2) is 12.4. The molecule has 10 heteroatoms. The van der Waals surface area contributed by atoms with Gasteiger partial charge in [0.15, 0.2) is 25.0 Å². The summed E-state index contributed by atoms with van der Waals surface area (Å²) in [6.07, 6.45) is -2.41. The van der Waals surface area contributed by atoms with Gasteiger partial charge in [-0.15, -0.1) is 0 Å². The minimum absolute atomic E-state index is 0.00984. The molecule has 39 heavy (non-hydrogen) atoms. The van der Waals surface area contributed by atoms with Crippen LogP contribution < -0.4 is 5.32 Å². The summed E-state index contributed by atoms with van der Waals surface area (Å²) in [5.41, 5.74) is 0. The van der Waals surface area contributed by atoms with E-state index >= 15 is 0 Å². The fourth-order valence-electron chi connectivity index (χ4n) is 3.71. The van der Waals surface area contributed by atoms with Crippen LogP contribution in [-0.4, -0.2) is 73.0 Å². The minimum Gasteiger partial charge on any atom is -0.490 e. The fourth-order valence-corrected chi connectivity index (χ4v) is 7.39. The largest absolute Gasteiger partial charge is 0.490 e. The Morgan fingerprint density at radius 1 is 0.949 bits per heavy atom. The number of rotatable bonds is 10. The average Bonchev–Trinajstić information content (AvgIpc) is 2.69. The van der Waals surface area contributed by atoms with Gasteiger partial charge >= 0.3 is 0 Å². The van der Waals surface area contributed by atoms with Crippen LogP contribution in [0.5, 0.6) is 0 Å². The lowest BCUT2D eigenvalue weighted by Crippen LogP contribution is -2.64. The van der Waals surface area contributed by atoms with Gasteiger partial charge in [0.05, 0.1) is 30.6 Å². The van der Waals surface area contributed by atoms with E-state index in [0.717, 1.165) is 0 Å². The summed E-state index contributed by atoms with van der Waals surface area (Å²) in [6, 6.07) is -0.560. The smallest absolute Gasteiger partial charge is 0.217 e. The number of hydrogen-bond acceptors (Lipinski definition) is 6. The molecule has 1 fully saturated rings. The Hall–Kier alpha value is -0.499. The highest BCUT2D eigenvalue weighted by atomic mass is 28.4. The average molecular weight is 604 g/mol. The molecule has 0 saturated carbocycles. The number of carbonyl (C=O) groups is 1. The zero-order chi connectivity index (χ0) is 31.0. The van der Waals surface area contributed by atoms with Crippen LogP contribution in [0.1, 0.15) is 75.7 Å². The molecule has 1 aliphatic heterocycles. The molecule has 5 atom stereocenters. The molecule has 1 rings (SSSR count). The number of nitrogens with one attached hydrogen (secondary N) is 1. The van der Waals surface area contributed by atoms with Crippen molar-refractivity contribution in [1.29, 1.82) is 0 Å². The first-order valence-electron chi connectivity index (χ1n) is 14.4. The highest BCUT2D eigenvalue weighted by molar-refractivity contribution is 6.75.